The van der Waals surface area contributed by atoms with E-state index in [0.29, 0.717) is 39.1 Å². The second kappa shape index (κ2) is 7.17. The third-order valence-electron chi connectivity index (χ3n) is 4.27. The minimum atomic E-state index is -0.368. The van der Waals surface area contributed by atoms with E-state index >= 15 is 0 Å². The summed E-state index contributed by atoms with van der Waals surface area (Å²) in [5.74, 6) is -0.144. The van der Waals surface area contributed by atoms with Crippen LogP contribution >= 0.6 is 15.9 Å². The molecule has 2 heterocycles. The van der Waals surface area contributed by atoms with Gasteiger partial charge in [0.2, 0.25) is 11.8 Å². The molecule has 26 heavy (non-hydrogen) atoms. The molecule has 0 aliphatic carbocycles. The molecular weight excluding hydrogens is 403 g/mol. The van der Waals surface area contributed by atoms with Gasteiger partial charge >= 0.3 is 0 Å². The van der Waals surface area contributed by atoms with E-state index in [9.17, 15) is 9.18 Å². The monoisotopic (exact) mass is 418 g/mol. The smallest absolute Gasteiger partial charge is 0.228 e. The Morgan fingerprint density at radius 3 is 3.00 bits per heavy atom. The van der Waals surface area contributed by atoms with Gasteiger partial charge < -0.3 is 14.5 Å². The standard InChI is InChI=1S/C19H16BrFN2O3/c20-15-5-3-11(21)8-14(15)19-23-16-9-12(4-6-17(16)26-19)22-18(24)10-13-2-1-7-25-13/h3-6,8-9,13H,1-2,7,10H2,(H,22,24). The Kier molecular flexibility index (Phi) is 4.74. The number of fused-ring (bicyclic) bond motifs is 1. The van der Waals surface area contributed by atoms with E-state index < -0.39 is 0 Å². The molecule has 0 saturated carbocycles. The summed E-state index contributed by atoms with van der Waals surface area (Å²) in [6, 6.07) is 9.56. The molecule has 5 nitrogen and oxygen atoms in total. The van der Waals surface area contributed by atoms with Crippen LogP contribution in [-0.2, 0) is 9.53 Å². The normalized spacial score (nSPS) is 16.9. The molecular formula is C19H16BrFN2O3. The van der Waals surface area contributed by atoms with E-state index in [4.69, 9.17) is 9.15 Å². The van der Waals surface area contributed by atoms with Gasteiger partial charge in [0.1, 0.15) is 11.3 Å². The van der Waals surface area contributed by atoms with Gasteiger partial charge in [-0.2, -0.15) is 0 Å². The Bertz CT molecular complexity index is 967. The highest BCUT2D eigenvalue weighted by atomic mass is 79.9. The fourth-order valence-corrected chi connectivity index (χ4v) is 3.42. The zero-order valence-corrected chi connectivity index (χ0v) is 15.4. The third kappa shape index (κ3) is 3.64. The van der Waals surface area contributed by atoms with Crippen LogP contribution in [0, 0.1) is 5.82 Å². The summed E-state index contributed by atoms with van der Waals surface area (Å²) in [5.41, 5.74) is 2.32. The molecule has 1 aliphatic heterocycles. The van der Waals surface area contributed by atoms with E-state index in [1.54, 1.807) is 24.3 Å². The lowest BCUT2D eigenvalue weighted by Crippen LogP contribution is -2.19. The zero-order valence-electron chi connectivity index (χ0n) is 13.8. The molecule has 1 fully saturated rings. The lowest BCUT2D eigenvalue weighted by molar-refractivity contribution is -0.118. The maximum absolute atomic E-state index is 13.5. The van der Waals surface area contributed by atoms with Crippen molar-refractivity contribution in [2.45, 2.75) is 25.4 Å². The van der Waals surface area contributed by atoms with Crippen molar-refractivity contribution in [2.75, 3.05) is 11.9 Å². The number of amides is 1. The first-order chi connectivity index (χ1) is 12.6. The van der Waals surface area contributed by atoms with Gasteiger partial charge in [0, 0.05) is 16.8 Å². The maximum Gasteiger partial charge on any atom is 0.228 e. The van der Waals surface area contributed by atoms with Crippen LogP contribution in [0.1, 0.15) is 19.3 Å². The number of nitrogens with one attached hydrogen (secondary N) is 1. The molecule has 7 heteroatoms. The van der Waals surface area contributed by atoms with Crippen molar-refractivity contribution < 1.29 is 18.3 Å². The van der Waals surface area contributed by atoms with E-state index in [2.05, 4.69) is 26.2 Å². The first-order valence-corrected chi connectivity index (χ1v) is 9.15. The van der Waals surface area contributed by atoms with Gasteiger partial charge in [0.15, 0.2) is 5.58 Å². The number of rotatable bonds is 4. The molecule has 0 spiro atoms. The molecule has 1 atom stereocenters. The SMILES string of the molecule is O=C(CC1CCCO1)Nc1ccc2oc(-c3cc(F)ccc3Br)nc2c1. The van der Waals surface area contributed by atoms with Crippen LogP contribution < -0.4 is 5.32 Å². The van der Waals surface area contributed by atoms with Crippen LogP contribution in [0.4, 0.5) is 10.1 Å². The van der Waals surface area contributed by atoms with Gasteiger partial charge in [0.05, 0.1) is 18.1 Å². The summed E-state index contributed by atoms with van der Waals surface area (Å²) >= 11 is 3.38. The minimum absolute atomic E-state index is 0.00251. The Balaban J connectivity index is 1.55. The average Bonchev–Trinajstić information content (AvgIpc) is 3.26. The molecule has 0 radical (unpaired) electrons. The minimum Gasteiger partial charge on any atom is -0.436 e. The highest BCUT2D eigenvalue weighted by Crippen LogP contribution is 2.31. The van der Waals surface area contributed by atoms with Crippen LogP contribution in [0.15, 0.2) is 45.3 Å². The fourth-order valence-electron chi connectivity index (χ4n) is 3.01. The highest BCUT2D eigenvalue weighted by molar-refractivity contribution is 9.10. The van der Waals surface area contributed by atoms with Gasteiger partial charge in [-0.1, -0.05) is 0 Å². The number of oxazole rings is 1. The number of ether oxygens (including phenoxy) is 1. The van der Waals surface area contributed by atoms with Crippen LogP contribution in [-0.4, -0.2) is 23.6 Å². The Morgan fingerprint density at radius 2 is 2.19 bits per heavy atom. The molecule has 1 unspecified atom stereocenters. The number of hydrogen-bond donors (Lipinski definition) is 1. The van der Waals surface area contributed by atoms with E-state index in [1.165, 1.54) is 12.1 Å². The Morgan fingerprint density at radius 1 is 1.31 bits per heavy atom. The quantitative estimate of drug-likeness (QED) is 0.653. The summed E-state index contributed by atoms with van der Waals surface area (Å²) in [6.45, 7) is 0.723. The number of carbonyl (C=O) groups excluding carboxylic acids is 1. The number of benzene rings is 2. The lowest BCUT2D eigenvalue weighted by atomic mass is 10.1. The van der Waals surface area contributed by atoms with Crippen molar-refractivity contribution in [3.63, 3.8) is 0 Å². The van der Waals surface area contributed by atoms with Crippen LogP contribution in [0.2, 0.25) is 0 Å². The van der Waals surface area contributed by atoms with Crippen molar-refractivity contribution >= 4 is 38.6 Å². The van der Waals surface area contributed by atoms with Crippen LogP contribution in [0.3, 0.4) is 0 Å². The molecule has 1 N–H and O–H groups in total. The highest BCUT2D eigenvalue weighted by Gasteiger charge is 2.19. The average molecular weight is 419 g/mol. The second-order valence-corrected chi connectivity index (χ2v) is 7.07. The second-order valence-electron chi connectivity index (χ2n) is 6.21. The number of hydrogen-bond acceptors (Lipinski definition) is 4. The van der Waals surface area contributed by atoms with Gasteiger partial charge in [-0.15, -0.1) is 0 Å². The first-order valence-electron chi connectivity index (χ1n) is 8.36. The molecule has 1 amide bonds. The van der Waals surface area contributed by atoms with Crippen molar-refractivity contribution in [2.24, 2.45) is 0 Å². The number of anilines is 1. The predicted octanol–water partition coefficient (Wildman–Crippen LogP) is 4.90. The van der Waals surface area contributed by atoms with Gasteiger partial charge in [0.25, 0.3) is 0 Å². The summed E-state index contributed by atoms with van der Waals surface area (Å²) in [6.07, 6.45) is 2.27. The topological polar surface area (TPSA) is 64.4 Å². The van der Waals surface area contributed by atoms with E-state index in [1.807, 2.05) is 0 Å². The maximum atomic E-state index is 13.5. The lowest BCUT2D eigenvalue weighted by Gasteiger charge is -2.09. The van der Waals surface area contributed by atoms with Crippen molar-refractivity contribution in [1.82, 2.24) is 4.98 Å². The predicted molar refractivity (Wildman–Crippen MR) is 99.3 cm³/mol. The van der Waals surface area contributed by atoms with Gasteiger partial charge in [-0.3, -0.25) is 4.79 Å². The summed E-state index contributed by atoms with van der Waals surface area (Å²) in [5, 5.41) is 2.86. The molecule has 1 aliphatic rings. The molecule has 0 bridgehead atoms. The van der Waals surface area contributed by atoms with Gasteiger partial charge in [-0.25, -0.2) is 9.37 Å². The van der Waals surface area contributed by atoms with Crippen molar-refractivity contribution in [1.29, 1.82) is 0 Å². The van der Waals surface area contributed by atoms with E-state index in [0.717, 1.165) is 19.4 Å². The zero-order chi connectivity index (χ0) is 18.1. The molecule has 1 saturated heterocycles. The Labute approximate surface area is 157 Å². The van der Waals surface area contributed by atoms with Crippen LogP contribution in [0.5, 0.6) is 0 Å². The van der Waals surface area contributed by atoms with Crippen molar-refractivity contribution in [3.05, 3.63) is 46.7 Å². The van der Waals surface area contributed by atoms with Gasteiger partial charge in [-0.05, 0) is 65.2 Å². The molecule has 4 rings (SSSR count). The summed E-state index contributed by atoms with van der Waals surface area (Å²) in [4.78, 5) is 16.5. The summed E-state index contributed by atoms with van der Waals surface area (Å²) < 4.78 is 25.4. The number of halogens is 2. The molecule has 2 aromatic carbocycles. The molecule has 1 aromatic heterocycles. The largest absolute Gasteiger partial charge is 0.436 e. The fraction of sp³-hybridized carbons (Fsp3) is 0.263. The van der Waals surface area contributed by atoms with Crippen LogP contribution in [0.25, 0.3) is 22.6 Å². The number of aromatic nitrogens is 1. The first kappa shape index (κ1) is 17.2. The molecule has 134 valence electrons. The van der Waals surface area contributed by atoms with Crippen molar-refractivity contribution in [3.8, 4) is 11.5 Å². The number of nitrogens with zero attached hydrogens (tertiary/aromatic N) is 1. The molecule has 3 aromatic rings. The van der Waals surface area contributed by atoms with E-state index in [-0.39, 0.29) is 17.8 Å². The Hall–Kier alpha value is -2.25. The number of carbonyl (C=O) groups is 1. The third-order valence-corrected chi connectivity index (χ3v) is 4.96. The summed E-state index contributed by atoms with van der Waals surface area (Å²) in [7, 11) is 0.